The highest BCUT2D eigenvalue weighted by molar-refractivity contribution is 5.99. The second-order valence-corrected chi connectivity index (χ2v) is 4.28. The molecule has 0 heterocycles. The monoisotopic (exact) mass is 257 g/mol. The summed E-state index contributed by atoms with van der Waals surface area (Å²) in [5.41, 5.74) is 1.41. The molecule has 0 aromatic heterocycles. The Kier molecular flexibility index (Phi) is 4.29. The summed E-state index contributed by atoms with van der Waals surface area (Å²) in [5, 5.41) is 0. The van der Waals surface area contributed by atoms with E-state index < -0.39 is 0 Å². The van der Waals surface area contributed by atoms with Crippen LogP contribution in [0.15, 0.2) is 54.6 Å². The van der Waals surface area contributed by atoms with Crippen LogP contribution in [0.25, 0.3) is 0 Å². The van der Waals surface area contributed by atoms with Crippen LogP contribution in [0.1, 0.15) is 17.3 Å². The van der Waals surface area contributed by atoms with Gasteiger partial charge in [-0.25, -0.2) is 4.39 Å². The van der Waals surface area contributed by atoms with E-state index in [0.717, 1.165) is 5.69 Å². The molecule has 0 spiro atoms. The van der Waals surface area contributed by atoms with E-state index in [2.05, 4.69) is 0 Å². The summed E-state index contributed by atoms with van der Waals surface area (Å²) in [4.78, 5) is 14.0. The van der Waals surface area contributed by atoms with Crippen molar-refractivity contribution in [2.24, 2.45) is 0 Å². The van der Waals surface area contributed by atoms with E-state index in [-0.39, 0.29) is 18.1 Å². The Morgan fingerprint density at radius 3 is 2.47 bits per heavy atom. The molecule has 0 aliphatic rings. The molecule has 0 aliphatic carbocycles. The highest BCUT2D eigenvalue weighted by Gasteiger charge is 2.12. The van der Waals surface area contributed by atoms with Crippen LogP contribution in [-0.2, 0) is 0 Å². The molecule has 2 rings (SSSR count). The second-order valence-electron chi connectivity index (χ2n) is 4.28. The zero-order valence-corrected chi connectivity index (χ0v) is 10.8. The molecule has 0 unspecified atom stereocenters. The van der Waals surface area contributed by atoms with Crippen molar-refractivity contribution < 1.29 is 9.18 Å². The lowest BCUT2D eigenvalue weighted by molar-refractivity contribution is 0.0999. The van der Waals surface area contributed by atoms with Crippen LogP contribution in [0.2, 0.25) is 0 Å². The summed E-state index contributed by atoms with van der Waals surface area (Å²) in [7, 11) is 0. The number of nitrogens with zero attached hydrogens (tertiary/aromatic N) is 1. The maximum atomic E-state index is 13.2. The molecule has 0 bridgehead atoms. The predicted molar refractivity (Wildman–Crippen MR) is 75.1 cm³/mol. The summed E-state index contributed by atoms with van der Waals surface area (Å²) in [6.07, 6.45) is 0. The molecular formula is C16H16FNO. The zero-order valence-electron chi connectivity index (χ0n) is 10.8. The van der Waals surface area contributed by atoms with Crippen LogP contribution in [0.5, 0.6) is 0 Å². The Morgan fingerprint density at radius 2 is 1.84 bits per heavy atom. The molecule has 0 amide bonds. The molecule has 2 nitrogen and oxygen atoms in total. The number of rotatable bonds is 5. The van der Waals surface area contributed by atoms with Crippen LogP contribution in [0.3, 0.4) is 0 Å². The highest BCUT2D eigenvalue weighted by atomic mass is 19.1. The Balaban J connectivity index is 2.14. The van der Waals surface area contributed by atoms with E-state index >= 15 is 0 Å². The summed E-state index contributed by atoms with van der Waals surface area (Å²) >= 11 is 0. The number of carbonyl (C=O) groups excluding carboxylic acids is 1. The molecule has 98 valence electrons. The minimum atomic E-state index is -0.289. The summed E-state index contributed by atoms with van der Waals surface area (Å²) in [6, 6.07) is 15.4. The SMILES string of the molecule is CCN(CC(=O)c1ccccc1)c1cccc(F)c1. The standard InChI is InChI=1S/C16H16FNO/c1-2-18(15-10-6-9-14(17)11-15)12-16(19)13-7-4-3-5-8-13/h3-11H,2,12H2,1H3. The Labute approximate surface area is 112 Å². The average molecular weight is 257 g/mol. The van der Waals surface area contributed by atoms with Crippen molar-refractivity contribution in [1.82, 2.24) is 0 Å². The molecule has 19 heavy (non-hydrogen) atoms. The smallest absolute Gasteiger partial charge is 0.182 e. The third-order valence-corrected chi connectivity index (χ3v) is 2.99. The Bertz CT molecular complexity index is 554. The number of halogens is 1. The van der Waals surface area contributed by atoms with Gasteiger partial charge in [0.25, 0.3) is 0 Å². The van der Waals surface area contributed by atoms with Crippen LogP contribution in [0.4, 0.5) is 10.1 Å². The normalized spacial score (nSPS) is 10.2. The van der Waals surface area contributed by atoms with E-state index in [4.69, 9.17) is 0 Å². The average Bonchev–Trinajstić information content (AvgIpc) is 2.45. The van der Waals surface area contributed by atoms with E-state index in [1.165, 1.54) is 12.1 Å². The molecule has 0 saturated carbocycles. The van der Waals surface area contributed by atoms with Gasteiger partial charge >= 0.3 is 0 Å². The number of ketones is 1. The lowest BCUT2D eigenvalue weighted by Crippen LogP contribution is -2.29. The van der Waals surface area contributed by atoms with Crippen LogP contribution in [0, 0.1) is 5.82 Å². The minimum Gasteiger partial charge on any atom is -0.364 e. The lowest BCUT2D eigenvalue weighted by atomic mass is 10.1. The van der Waals surface area contributed by atoms with Gasteiger partial charge in [0.15, 0.2) is 5.78 Å². The summed E-state index contributed by atoms with van der Waals surface area (Å²) in [5.74, 6) is -0.255. The van der Waals surface area contributed by atoms with E-state index in [1.54, 1.807) is 18.2 Å². The fourth-order valence-electron chi connectivity index (χ4n) is 1.95. The van der Waals surface area contributed by atoms with Crippen molar-refractivity contribution >= 4 is 11.5 Å². The van der Waals surface area contributed by atoms with Gasteiger partial charge in [-0.15, -0.1) is 0 Å². The second kappa shape index (κ2) is 6.14. The molecule has 2 aromatic carbocycles. The molecule has 0 fully saturated rings. The maximum absolute atomic E-state index is 13.2. The fraction of sp³-hybridized carbons (Fsp3) is 0.188. The molecule has 0 saturated heterocycles. The third kappa shape index (κ3) is 3.41. The van der Waals surface area contributed by atoms with Crippen LogP contribution >= 0.6 is 0 Å². The van der Waals surface area contributed by atoms with Gasteiger partial charge in [-0.05, 0) is 25.1 Å². The highest BCUT2D eigenvalue weighted by Crippen LogP contribution is 2.16. The Hall–Kier alpha value is -2.16. The number of hydrogen-bond donors (Lipinski definition) is 0. The molecule has 2 aromatic rings. The first kappa shape index (κ1) is 13.3. The van der Waals surface area contributed by atoms with E-state index in [9.17, 15) is 9.18 Å². The van der Waals surface area contributed by atoms with Gasteiger partial charge in [-0.3, -0.25) is 4.79 Å². The number of benzene rings is 2. The molecule has 0 radical (unpaired) electrons. The first-order chi connectivity index (χ1) is 9.20. The molecule has 0 N–H and O–H groups in total. The number of anilines is 1. The van der Waals surface area contributed by atoms with Gasteiger partial charge in [0.2, 0.25) is 0 Å². The largest absolute Gasteiger partial charge is 0.364 e. The van der Waals surface area contributed by atoms with Gasteiger partial charge < -0.3 is 4.90 Å². The lowest BCUT2D eigenvalue weighted by Gasteiger charge is -2.22. The molecule has 0 atom stereocenters. The quantitative estimate of drug-likeness (QED) is 0.764. The van der Waals surface area contributed by atoms with Gasteiger partial charge in [-0.1, -0.05) is 36.4 Å². The fourth-order valence-corrected chi connectivity index (χ4v) is 1.95. The van der Waals surface area contributed by atoms with Crippen molar-refractivity contribution in [2.45, 2.75) is 6.92 Å². The topological polar surface area (TPSA) is 20.3 Å². The number of carbonyl (C=O) groups is 1. The van der Waals surface area contributed by atoms with Gasteiger partial charge in [0, 0.05) is 17.8 Å². The molecule has 3 heteroatoms. The van der Waals surface area contributed by atoms with Gasteiger partial charge in [-0.2, -0.15) is 0 Å². The molecular weight excluding hydrogens is 241 g/mol. The van der Waals surface area contributed by atoms with Gasteiger partial charge in [0.1, 0.15) is 5.82 Å². The summed E-state index contributed by atoms with van der Waals surface area (Å²) < 4.78 is 13.2. The van der Waals surface area contributed by atoms with Gasteiger partial charge in [0.05, 0.1) is 6.54 Å². The van der Waals surface area contributed by atoms with Crippen molar-refractivity contribution in [3.8, 4) is 0 Å². The van der Waals surface area contributed by atoms with Crippen LogP contribution < -0.4 is 4.90 Å². The van der Waals surface area contributed by atoms with Crippen molar-refractivity contribution in [3.63, 3.8) is 0 Å². The number of hydrogen-bond acceptors (Lipinski definition) is 2. The first-order valence-corrected chi connectivity index (χ1v) is 6.29. The predicted octanol–water partition coefficient (Wildman–Crippen LogP) is 3.53. The molecule has 0 aliphatic heterocycles. The third-order valence-electron chi connectivity index (χ3n) is 2.99. The zero-order chi connectivity index (χ0) is 13.7. The summed E-state index contributed by atoms with van der Waals surface area (Å²) in [6.45, 7) is 2.86. The number of Topliss-reactive ketones (excluding diaryl/α,β-unsaturated/α-hetero) is 1. The Morgan fingerprint density at radius 1 is 1.11 bits per heavy atom. The van der Waals surface area contributed by atoms with Crippen molar-refractivity contribution in [1.29, 1.82) is 0 Å². The maximum Gasteiger partial charge on any atom is 0.182 e. The minimum absolute atomic E-state index is 0.0340. The first-order valence-electron chi connectivity index (χ1n) is 6.29. The van der Waals surface area contributed by atoms with Crippen molar-refractivity contribution in [3.05, 3.63) is 66.0 Å². The van der Waals surface area contributed by atoms with E-state index in [1.807, 2.05) is 36.1 Å². The van der Waals surface area contributed by atoms with E-state index in [0.29, 0.717) is 12.1 Å². The number of likely N-dealkylation sites (N-methyl/N-ethyl adjacent to an activating group) is 1. The van der Waals surface area contributed by atoms with Crippen LogP contribution in [-0.4, -0.2) is 18.9 Å². The van der Waals surface area contributed by atoms with Crippen molar-refractivity contribution in [2.75, 3.05) is 18.0 Å².